The maximum atomic E-state index is 4.04. The largest absolute Gasteiger partial charge is 0.311 e. The fraction of sp³-hybridized carbons (Fsp3) is 1.00. The number of hydrogen-bond acceptors (Lipinski definition) is 1. The lowest BCUT2D eigenvalue weighted by molar-refractivity contribution is 0.188. The van der Waals surface area contributed by atoms with E-state index in [9.17, 15) is 0 Å². The highest BCUT2D eigenvalue weighted by Gasteiger charge is 2.29. The Morgan fingerprint density at radius 1 is 0.842 bits per heavy atom. The van der Waals surface area contributed by atoms with Gasteiger partial charge in [0.05, 0.1) is 0 Å². The van der Waals surface area contributed by atoms with Gasteiger partial charge in [0.15, 0.2) is 0 Å². The average Bonchev–Trinajstić information content (AvgIpc) is 2.60. The summed E-state index contributed by atoms with van der Waals surface area (Å²) in [5.41, 5.74) is 0. The molecule has 2 rings (SSSR count). The molecule has 19 heavy (non-hydrogen) atoms. The molecule has 0 amide bonds. The first-order valence-electron chi connectivity index (χ1n) is 8.84. The minimum Gasteiger partial charge on any atom is -0.311 e. The first kappa shape index (κ1) is 15.4. The topological polar surface area (TPSA) is 12.0 Å². The summed E-state index contributed by atoms with van der Waals surface area (Å²) in [6.45, 7) is 9.72. The van der Waals surface area contributed by atoms with E-state index in [0.717, 1.165) is 35.8 Å². The molecule has 0 heterocycles. The lowest BCUT2D eigenvalue weighted by Crippen LogP contribution is -2.45. The van der Waals surface area contributed by atoms with Gasteiger partial charge in [0.2, 0.25) is 0 Å². The summed E-state index contributed by atoms with van der Waals surface area (Å²) in [5.74, 6) is 3.65. The van der Waals surface area contributed by atoms with Crippen LogP contribution >= 0.6 is 0 Å². The normalized spacial score (nSPS) is 41.2. The van der Waals surface area contributed by atoms with E-state index in [0.29, 0.717) is 0 Å². The van der Waals surface area contributed by atoms with Crippen LogP contribution in [0.5, 0.6) is 0 Å². The van der Waals surface area contributed by atoms with Crippen molar-refractivity contribution in [1.82, 2.24) is 5.32 Å². The number of hydrogen-bond donors (Lipinski definition) is 1. The van der Waals surface area contributed by atoms with Crippen LogP contribution in [0.25, 0.3) is 0 Å². The molecule has 1 heteroatoms. The van der Waals surface area contributed by atoms with Crippen molar-refractivity contribution in [1.29, 1.82) is 0 Å². The SMILES string of the molecule is CC(C)C1CCCC(NC2CCCC(C)C2C)CC1. The molecule has 2 saturated carbocycles. The molecule has 112 valence electrons. The highest BCUT2D eigenvalue weighted by atomic mass is 15.0. The number of rotatable bonds is 3. The van der Waals surface area contributed by atoms with Crippen molar-refractivity contribution >= 4 is 0 Å². The predicted molar refractivity (Wildman–Crippen MR) is 84.3 cm³/mol. The van der Waals surface area contributed by atoms with E-state index >= 15 is 0 Å². The summed E-state index contributed by atoms with van der Waals surface area (Å²) in [4.78, 5) is 0. The van der Waals surface area contributed by atoms with Gasteiger partial charge in [-0.15, -0.1) is 0 Å². The fourth-order valence-corrected chi connectivity index (χ4v) is 4.28. The first-order valence-corrected chi connectivity index (χ1v) is 8.84. The summed E-state index contributed by atoms with van der Waals surface area (Å²) < 4.78 is 0. The molecular formula is C18H35N. The summed E-state index contributed by atoms with van der Waals surface area (Å²) in [6, 6.07) is 1.60. The van der Waals surface area contributed by atoms with Gasteiger partial charge in [0.25, 0.3) is 0 Å². The minimum absolute atomic E-state index is 0.796. The highest BCUT2D eigenvalue weighted by Crippen LogP contribution is 2.32. The maximum Gasteiger partial charge on any atom is 0.00978 e. The molecule has 5 atom stereocenters. The van der Waals surface area contributed by atoms with Gasteiger partial charge < -0.3 is 5.32 Å². The molecule has 2 aliphatic carbocycles. The molecule has 1 nitrogen and oxygen atoms in total. The zero-order valence-corrected chi connectivity index (χ0v) is 13.6. The first-order chi connectivity index (χ1) is 9.08. The fourth-order valence-electron chi connectivity index (χ4n) is 4.28. The Balaban J connectivity index is 1.82. The zero-order chi connectivity index (χ0) is 13.8. The number of nitrogens with one attached hydrogen (secondary N) is 1. The van der Waals surface area contributed by atoms with Crippen molar-refractivity contribution < 1.29 is 0 Å². The van der Waals surface area contributed by atoms with Gasteiger partial charge >= 0.3 is 0 Å². The lowest BCUT2D eigenvalue weighted by atomic mass is 9.77. The van der Waals surface area contributed by atoms with Gasteiger partial charge in [-0.25, -0.2) is 0 Å². The minimum atomic E-state index is 0.796. The van der Waals surface area contributed by atoms with Crippen LogP contribution in [0.4, 0.5) is 0 Å². The standard InChI is InChI=1S/C18H35N/c1-13(2)16-8-6-9-17(12-11-16)19-18-10-5-7-14(3)15(18)4/h13-19H,5-12H2,1-4H3. The third-order valence-electron chi connectivity index (χ3n) is 6.11. The third-order valence-corrected chi connectivity index (χ3v) is 6.11. The molecule has 0 aromatic heterocycles. The molecule has 1 N–H and O–H groups in total. The van der Waals surface area contributed by atoms with Gasteiger partial charge in [-0.1, -0.05) is 53.4 Å². The Kier molecular flexibility index (Phi) is 5.74. The Labute approximate surface area is 120 Å². The molecular weight excluding hydrogens is 230 g/mol. The van der Waals surface area contributed by atoms with Crippen molar-refractivity contribution in [3.63, 3.8) is 0 Å². The second-order valence-electron chi connectivity index (χ2n) is 7.75. The van der Waals surface area contributed by atoms with Crippen LogP contribution in [0.15, 0.2) is 0 Å². The van der Waals surface area contributed by atoms with Crippen molar-refractivity contribution in [2.45, 2.75) is 91.1 Å². The lowest BCUT2D eigenvalue weighted by Gasteiger charge is -2.37. The van der Waals surface area contributed by atoms with E-state index in [4.69, 9.17) is 0 Å². The van der Waals surface area contributed by atoms with Crippen LogP contribution in [0.2, 0.25) is 0 Å². The van der Waals surface area contributed by atoms with Crippen molar-refractivity contribution in [3.05, 3.63) is 0 Å². The highest BCUT2D eigenvalue weighted by molar-refractivity contribution is 4.86. The van der Waals surface area contributed by atoms with Gasteiger partial charge in [-0.2, -0.15) is 0 Å². The van der Waals surface area contributed by atoms with Crippen LogP contribution in [0.1, 0.15) is 79.1 Å². The van der Waals surface area contributed by atoms with E-state index in [2.05, 4.69) is 33.0 Å². The summed E-state index contributed by atoms with van der Waals surface area (Å²) in [6.07, 6.45) is 11.5. The summed E-state index contributed by atoms with van der Waals surface area (Å²) >= 11 is 0. The molecule has 0 bridgehead atoms. The summed E-state index contributed by atoms with van der Waals surface area (Å²) in [7, 11) is 0. The van der Waals surface area contributed by atoms with Crippen molar-refractivity contribution in [3.8, 4) is 0 Å². The van der Waals surface area contributed by atoms with Crippen molar-refractivity contribution in [2.24, 2.45) is 23.7 Å². The Bertz CT molecular complexity index is 260. The van der Waals surface area contributed by atoms with Gasteiger partial charge in [-0.05, 0) is 49.4 Å². The van der Waals surface area contributed by atoms with Gasteiger partial charge in [0.1, 0.15) is 0 Å². The molecule has 0 saturated heterocycles. The second-order valence-corrected chi connectivity index (χ2v) is 7.75. The van der Waals surface area contributed by atoms with Crippen LogP contribution < -0.4 is 5.32 Å². The van der Waals surface area contributed by atoms with E-state index in [1.165, 1.54) is 51.4 Å². The van der Waals surface area contributed by atoms with Crippen LogP contribution in [-0.4, -0.2) is 12.1 Å². The average molecular weight is 265 g/mol. The maximum absolute atomic E-state index is 4.04. The Morgan fingerprint density at radius 2 is 1.58 bits per heavy atom. The molecule has 0 aliphatic heterocycles. The Morgan fingerprint density at radius 3 is 2.32 bits per heavy atom. The second kappa shape index (κ2) is 7.11. The van der Waals surface area contributed by atoms with E-state index < -0.39 is 0 Å². The van der Waals surface area contributed by atoms with E-state index in [1.54, 1.807) is 0 Å². The smallest absolute Gasteiger partial charge is 0.00978 e. The molecule has 5 unspecified atom stereocenters. The van der Waals surface area contributed by atoms with Crippen molar-refractivity contribution in [2.75, 3.05) is 0 Å². The molecule has 2 aliphatic rings. The van der Waals surface area contributed by atoms with Crippen LogP contribution in [0.3, 0.4) is 0 Å². The van der Waals surface area contributed by atoms with Crippen LogP contribution in [-0.2, 0) is 0 Å². The van der Waals surface area contributed by atoms with Gasteiger partial charge in [-0.3, -0.25) is 0 Å². The molecule has 0 aromatic rings. The Hall–Kier alpha value is -0.0400. The monoisotopic (exact) mass is 265 g/mol. The zero-order valence-electron chi connectivity index (χ0n) is 13.6. The molecule has 0 spiro atoms. The van der Waals surface area contributed by atoms with Crippen LogP contribution in [0, 0.1) is 23.7 Å². The molecule has 0 aromatic carbocycles. The molecule has 0 radical (unpaired) electrons. The van der Waals surface area contributed by atoms with E-state index in [1.807, 2.05) is 0 Å². The molecule has 2 fully saturated rings. The summed E-state index contributed by atoms with van der Waals surface area (Å²) in [5, 5.41) is 4.04. The third kappa shape index (κ3) is 4.21. The van der Waals surface area contributed by atoms with Gasteiger partial charge in [0, 0.05) is 12.1 Å². The quantitative estimate of drug-likeness (QED) is 0.708. The predicted octanol–water partition coefficient (Wildman–Crippen LogP) is 5.01. The van der Waals surface area contributed by atoms with E-state index in [-0.39, 0.29) is 0 Å².